The van der Waals surface area contributed by atoms with Gasteiger partial charge in [0.2, 0.25) is 0 Å². The highest BCUT2D eigenvalue weighted by Gasteiger charge is 2.32. The minimum absolute atomic E-state index is 0.117. The Bertz CT molecular complexity index is 869. The third kappa shape index (κ3) is 3.02. The van der Waals surface area contributed by atoms with Gasteiger partial charge in [0.15, 0.2) is 0 Å². The van der Waals surface area contributed by atoms with E-state index in [1.165, 1.54) is 16.5 Å². The Morgan fingerprint density at radius 1 is 1.20 bits per heavy atom. The van der Waals surface area contributed by atoms with Gasteiger partial charge in [0.1, 0.15) is 24.5 Å². The molecule has 2 aliphatic rings. The van der Waals surface area contributed by atoms with Crippen LogP contribution in [0.4, 0.5) is 0 Å². The number of benzene rings is 1. The summed E-state index contributed by atoms with van der Waals surface area (Å²) in [6.45, 7) is 4.26. The number of ether oxygens (including phenoxy) is 2. The number of H-pyrrole nitrogens is 1. The van der Waals surface area contributed by atoms with Gasteiger partial charge in [-0.1, -0.05) is 48.9 Å². The second-order valence-corrected chi connectivity index (χ2v) is 6.42. The molecule has 2 aromatic rings. The van der Waals surface area contributed by atoms with Crippen molar-refractivity contribution in [3.8, 4) is 0 Å². The Labute approximate surface area is 148 Å². The fourth-order valence-electron chi connectivity index (χ4n) is 3.84. The second-order valence-electron chi connectivity index (χ2n) is 6.42. The number of aromatic nitrogens is 1. The lowest BCUT2D eigenvalue weighted by Crippen LogP contribution is -2.20. The molecule has 0 saturated heterocycles. The Balaban J connectivity index is 1.79. The monoisotopic (exact) mass is 332 g/mol. The first-order valence-corrected chi connectivity index (χ1v) is 8.76. The van der Waals surface area contributed by atoms with Crippen LogP contribution in [0.2, 0.25) is 0 Å². The Morgan fingerprint density at radius 2 is 2.12 bits per heavy atom. The average Bonchev–Trinajstić information content (AvgIpc) is 3.11. The molecule has 0 bridgehead atoms. The van der Waals surface area contributed by atoms with E-state index in [0.29, 0.717) is 0 Å². The summed E-state index contributed by atoms with van der Waals surface area (Å²) in [4.78, 5) is 3.40. The first-order valence-electron chi connectivity index (χ1n) is 8.76. The van der Waals surface area contributed by atoms with Gasteiger partial charge in [0.05, 0.1) is 0 Å². The van der Waals surface area contributed by atoms with E-state index in [1.807, 2.05) is 0 Å². The summed E-state index contributed by atoms with van der Waals surface area (Å²) in [5.74, 6) is 1.19. The molecule has 2 unspecified atom stereocenters. The smallest absolute Gasteiger partial charge is 0.146 e. The minimum atomic E-state index is 0.117. The van der Waals surface area contributed by atoms with Crippen LogP contribution in [-0.2, 0) is 9.47 Å². The highest BCUT2D eigenvalue weighted by molar-refractivity contribution is 5.83. The number of para-hydroxylation sites is 1. The van der Waals surface area contributed by atoms with Crippen LogP contribution in [0, 0.1) is 12.8 Å². The number of hydrogen-bond acceptors (Lipinski definition) is 2. The van der Waals surface area contributed by atoms with Crippen LogP contribution in [0.3, 0.4) is 0 Å². The fraction of sp³-hybridized carbons (Fsp3) is 0.227. The zero-order valence-corrected chi connectivity index (χ0v) is 14.2. The van der Waals surface area contributed by atoms with Gasteiger partial charge in [0, 0.05) is 23.0 Å². The topological polar surface area (TPSA) is 34.2 Å². The van der Waals surface area contributed by atoms with Crippen LogP contribution in [0.5, 0.6) is 0 Å². The van der Waals surface area contributed by atoms with Crippen molar-refractivity contribution in [2.75, 3.05) is 0 Å². The highest BCUT2D eigenvalue weighted by atomic mass is 16.5. The van der Waals surface area contributed by atoms with Crippen molar-refractivity contribution in [1.29, 1.82) is 0 Å². The van der Waals surface area contributed by atoms with E-state index in [1.54, 1.807) is 18.8 Å². The fourth-order valence-corrected chi connectivity index (χ4v) is 3.84. The van der Waals surface area contributed by atoms with E-state index in [2.05, 4.69) is 60.6 Å². The van der Waals surface area contributed by atoms with Crippen LogP contribution in [0.15, 0.2) is 78.8 Å². The molecule has 2 heterocycles. The molecule has 0 amide bonds. The van der Waals surface area contributed by atoms with Crippen LogP contribution >= 0.6 is 0 Å². The van der Waals surface area contributed by atoms with E-state index < -0.39 is 0 Å². The van der Waals surface area contributed by atoms with Crippen LogP contribution in [-0.4, -0.2) is 4.98 Å². The van der Waals surface area contributed by atoms with E-state index in [0.717, 1.165) is 30.5 Å². The second kappa shape index (κ2) is 7.06. The molecular formula is C22H22NO2. The van der Waals surface area contributed by atoms with E-state index in [9.17, 15) is 0 Å². The van der Waals surface area contributed by atoms with Gasteiger partial charge >= 0.3 is 0 Å². The summed E-state index contributed by atoms with van der Waals surface area (Å²) in [5.41, 5.74) is 3.80. The van der Waals surface area contributed by atoms with Crippen molar-refractivity contribution in [2.45, 2.75) is 25.2 Å². The maximum atomic E-state index is 5.84. The summed E-state index contributed by atoms with van der Waals surface area (Å²) in [5, 5.41) is 1.25. The van der Waals surface area contributed by atoms with E-state index in [-0.39, 0.29) is 11.8 Å². The molecular weight excluding hydrogens is 310 g/mol. The minimum Gasteiger partial charge on any atom is -0.466 e. The molecule has 3 nitrogen and oxygen atoms in total. The molecule has 4 rings (SSSR count). The average molecular weight is 332 g/mol. The third-order valence-electron chi connectivity index (χ3n) is 5.01. The summed E-state index contributed by atoms with van der Waals surface area (Å²) in [7, 11) is 0. The SMILES string of the molecule is [CH2]CC(c1c[nH]c2ccccc12)C(C1=CC=CCC1)C1=COC=CO1. The summed E-state index contributed by atoms with van der Waals surface area (Å²) >= 11 is 0. The quantitative estimate of drug-likeness (QED) is 0.759. The van der Waals surface area contributed by atoms with Gasteiger partial charge in [-0.25, -0.2) is 0 Å². The lowest BCUT2D eigenvalue weighted by atomic mass is 9.76. The van der Waals surface area contributed by atoms with Gasteiger partial charge in [-0.15, -0.1) is 0 Å². The van der Waals surface area contributed by atoms with Crippen LogP contribution < -0.4 is 0 Å². The zero-order chi connectivity index (χ0) is 17.1. The summed E-state index contributed by atoms with van der Waals surface area (Å²) in [6.07, 6.45) is 16.4. The zero-order valence-electron chi connectivity index (χ0n) is 14.2. The standard InChI is InChI=1S/C22H22NO2/c1-2-17(19-14-23-20-11-7-6-10-18(19)20)22(16-8-4-3-5-9-16)21-15-24-12-13-25-21/h3-4,6-8,10-15,17,22-23H,1-2,5,9H2. The molecule has 1 aromatic heterocycles. The number of rotatable bonds is 5. The van der Waals surface area contributed by atoms with E-state index in [4.69, 9.17) is 9.47 Å². The van der Waals surface area contributed by atoms with Crippen LogP contribution in [0.25, 0.3) is 10.9 Å². The Kier molecular flexibility index (Phi) is 4.47. The van der Waals surface area contributed by atoms with Crippen molar-refractivity contribution < 1.29 is 9.47 Å². The molecule has 1 aromatic carbocycles. The molecule has 127 valence electrons. The van der Waals surface area contributed by atoms with Crippen molar-refractivity contribution in [3.63, 3.8) is 0 Å². The van der Waals surface area contributed by atoms with Crippen LogP contribution in [0.1, 0.15) is 30.7 Å². The van der Waals surface area contributed by atoms with Crippen molar-refractivity contribution in [3.05, 3.63) is 91.3 Å². The summed E-state index contributed by atoms with van der Waals surface area (Å²) in [6, 6.07) is 8.42. The molecule has 2 atom stereocenters. The molecule has 0 saturated carbocycles. The molecule has 1 radical (unpaired) electrons. The van der Waals surface area contributed by atoms with Crippen molar-refractivity contribution in [2.24, 2.45) is 5.92 Å². The summed E-state index contributed by atoms with van der Waals surface area (Å²) < 4.78 is 11.3. The van der Waals surface area contributed by atoms with Gasteiger partial charge in [-0.05, 0) is 36.8 Å². The van der Waals surface area contributed by atoms with Gasteiger partial charge in [0.25, 0.3) is 0 Å². The molecule has 25 heavy (non-hydrogen) atoms. The molecule has 1 aliphatic heterocycles. The van der Waals surface area contributed by atoms with Gasteiger partial charge < -0.3 is 14.5 Å². The first-order chi connectivity index (χ1) is 12.4. The molecule has 1 N–H and O–H groups in total. The molecule has 0 spiro atoms. The predicted octanol–water partition coefficient (Wildman–Crippen LogP) is 5.73. The Hall–Kier alpha value is -2.68. The maximum Gasteiger partial charge on any atom is 0.146 e. The lowest BCUT2D eigenvalue weighted by molar-refractivity contribution is 0.216. The lowest BCUT2D eigenvalue weighted by Gasteiger charge is -2.31. The number of nitrogens with one attached hydrogen (secondary N) is 1. The van der Waals surface area contributed by atoms with E-state index >= 15 is 0 Å². The third-order valence-corrected chi connectivity index (χ3v) is 5.01. The van der Waals surface area contributed by atoms with Crippen molar-refractivity contribution in [1.82, 2.24) is 4.98 Å². The van der Waals surface area contributed by atoms with Crippen molar-refractivity contribution >= 4 is 10.9 Å². The molecule has 3 heteroatoms. The molecule has 0 fully saturated rings. The molecule has 1 aliphatic carbocycles. The highest BCUT2D eigenvalue weighted by Crippen LogP contribution is 2.43. The predicted molar refractivity (Wildman–Crippen MR) is 100 cm³/mol. The number of hydrogen-bond donors (Lipinski definition) is 1. The Morgan fingerprint density at radius 3 is 2.88 bits per heavy atom. The first kappa shape index (κ1) is 15.8. The van der Waals surface area contributed by atoms with Gasteiger partial charge in [-0.2, -0.15) is 0 Å². The normalized spacial score (nSPS) is 18.9. The number of allylic oxidation sites excluding steroid dienone is 4. The van der Waals surface area contributed by atoms with Gasteiger partial charge in [-0.3, -0.25) is 0 Å². The number of aromatic amines is 1. The largest absolute Gasteiger partial charge is 0.466 e. The number of fused-ring (bicyclic) bond motifs is 1. The maximum absolute atomic E-state index is 5.84.